The standard InChI is InChI=1S/C21H33N7O5/c1-8(2)12(22)20(30)32-17-11(6-29)28-15(18(17)33-21(31)13(23)9(3)4)10-5-25-16-14(10)26-7-27-19(16)24/h5,7-9,11-13,15,17-18,25,28-29H,6,22-23H2,1-4H3,(H2,24,26,27)/t11?,12-,13-,15-,17+,18-/m0/s1. The van der Waals surface area contributed by atoms with Crippen molar-refractivity contribution in [2.24, 2.45) is 23.3 Å². The maximum Gasteiger partial charge on any atom is 0.323 e. The molecule has 6 atom stereocenters. The van der Waals surface area contributed by atoms with E-state index in [-0.39, 0.29) is 24.3 Å². The number of nitrogens with two attached hydrogens (primary N) is 3. The highest BCUT2D eigenvalue weighted by Gasteiger charge is 2.50. The minimum absolute atomic E-state index is 0.168. The zero-order valence-electron chi connectivity index (χ0n) is 19.2. The second-order valence-electron chi connectivity index (χ2n) is 9.00. The lowest BCUT2D eigenvalue weighted by Gasteiger charge is -2.28. The largest absolute Gasteiger partial charge is 0.455 e. The number of nitrogens with zero attached hydrogens (tertiary/aromatic N) is 2. The van der Waals surface area contributed by atoms with Crippen LogP contribution in [-0.4, -0.2) is 68.9 Å². The van der Waals surface area contributed by atoms with Crippen LogP contribution in [0.2, 0.25) is 0 Å². The van der Waals surface area contributed by atoms with Crippen molar-refractivity contribution < 1.29 is 24.2 Å². The van der Waals surface area contributed by atoms with E-state index < -0.39 is 48.3 Å². The third-order valence-electron chi connectivity index (χ3n) is 5.98. The van der Waals surface area contributed by atoms with Crippen LogP contribution in [-0.2, 0) is 19.1 Å². The Bertz CT molecular complexity index is 995. The normalized spacial score (nSPS) is 24.9. The maximum atomic E-state index is 12.8. The fourth-order valence-corrected chi connectivity index (χ4v) is 3.73. The van der Waals surface area contributed by atoms with Crippen molar-refractivity contribution in [3.05, 3.63) is 18.1 Å². The summed E-state index contributed by atoms with van der Waals surface area (Å²) in [6.45, 7) is 6.80. The second-order valence-corrected chi connectivity index (χ2v) is 9.00. The molecule has 0 aromatic carbocycles. The van der Waals surface area contributed by atoms with Gasteiger partial charge in [-0.15, -0.1) is 0 Å². The summed E-state index contributed by atoms with van der Waals surface area (Å²) >= 11 is 0. The summed E-state index contributed by atoms with van der Waals surface area (Å²) in [6.07, 6.45) is 0.972. The predicted molar refractivity (Wildman–Crippen MR) is 120 cm³/mol. The molecule has 0 saturated carbocycles. The third-order valence-corrected chi connectivity index (χ3v) is 5.98. The van der Waals surface area contributed by atoms with Gasteiger partial charge in [0.2, 0.25) is 0 Å². The summed E-state index contributed by atoms with van der Waals surface area (Å²) in [7, 11) is 0. The van der Waals surface area contributed by atoms with Crippen molar-refractivity contribution in [3.8, 4) is 0 Å². The molecule has 0 amide bonds. The van der Waals surface area contributed by atoms with Crippen molar-refractivity contribution in [3.63, 3.8) is 0 Å². The smallest absolute Gasteiger partial charge is 0.323 e. The van der Waals surface area contributed by atoms with Crippen molar-refractivity contribution in [1.82, 2.24) is 20.3 Å². The molecule has 0 aliphatic carbocycles. The van der Waals surface area contributed by atoms with Gasteiger partial charge < -0.3 is 36.8 Å². The molecule has 33 heavy (non-hydrogen) atoms. The van der Waals surface area contributed by atoms with E-state index in [4.69, 9.17) is 26.7 Å². The van der Waals surface area contributed by atoms with E-state index in [0.717, 1.165) is 0 Å². The number of aromatic amines is 1. The zero-order valence-corrected chi connectivity index (χ0v) is 19.2. The average Bonchev–Trinajstić information content (AvgIpc) is 3.34. The first-order valence-electron chi connectivity index (χ1n) is 10.9. The predicted octanol–water partition coefficient (Wildman–Crippen LogP) is -0.664. The number of carbonyl (C=O) groups excluding carboxylic acids is 2. The van der Waals surface area contributed by atoms with Gasteiger partial charge in [0.1, 0.15) is 23.9 Å². The maximum absolute atomic E-state index is 12.8. The fourth-order valence-electron chi connectivity index (χ4n) is 3.73. The molecule has 1 aliphatic heterocycles. The van der Waals surface area contributed by atoms with Gasteiger partial charge in [-0.25, -0.2) is 9.97 Å². The second kappa shape index (κ2) is 10.00. The van der Waals surface area contributed by atoms with Crippen LogP contribution in [0, 0.1) is 11.8 Å². The van der Waals surface area contributed by atoms with Gasteiger partial charge in [0.05, 0.1) is 24.2 Å². The number of hydrogen-bond donors (Lipinski definition) is 6. The van der Waals surface area contributed by atoms with E-state index in [2.05, 4.69) is 20.3 Å². The lowest BCUT2D eigenvalue weighted by molar-refractivity contribution is -0.170. The molecule has 3 heterocycles. The highest BCUT2D eigenvalue weighted by molar-refractivity contribution is 5.87. The van der Waals surface area contributed by atoms with E-state index in [1.165, 1.54) is 6.33 Å². The van der Waals surface area contributed by atoms with Crippen molar-refractivity contribution >= 4 is 28.8 Å². The van der Waals surface area contributed by atoms with Crippen LogP contribution < -0.4 is 22.5 Å². The molecule has 12 heteroatoms. The summed E-state index contributed by atoms with van der Waals surface area (Å²) in [6, 6.07) is -3.16. The van der Waals surface area contributed by atoms with Crippen LogP contribution in [0.5, 0.6) is 0 Å². The number of anilines is 1. The first-order valence-corrected chi connectivity index (χ1v) is 10.9. The minimum Gasteiger partial charge on any atom is -0.455 e. The summed E-state index contributed by atoms with van der Waals surface area (Å²) in [4.78, 5) is 36.7. The van der Waals surface area contributed by atoms with Gasteiger partial charge in [0, 0.05) is 11.8 Å². The van der Waals surface area contributed by atoms with E-state index in [1.54, 1.807) is 33.9 Å². The van der Waals surface area contributed by atoms with Gasteiger partial charge >= 0.3 is 11.9 Å². The highest BCUT2D eigenvalue weighted by Crippen LogP contribution is 2.36. The molecule has 9 N–H and O–H groups in total. The number of nitrogen functional groups attached to an aromatic ring is 1. The SMILES string of the molecule is CC(C)[C@H](N)C(=O)O[C@@H]1[C@H](OC(=O)[C@@H](N)C(C)C)C(CO)N[C@H]1c1c[nH]c2c(N)ncnc12. The zero-order chi connectivity index (χ0) is 24.4. The van der Waals surface area contributed by atoms with Crippen LogP contribution in [0.25, 0.3) is 11.0 Å². The quantitative estimate of drug-likeness (QED) is 0.271. The molecule has 0 spiro atoms. The summed E-state index contributed by atoms with van der Waals surface area (Å²) in [5.41, 5.74) is 19.5. The molecule has 1 unspecified atom stereocenters. The van der Waals surface area contributed by atoms with Gasteiger partial charge in [-0.2, -0.15) is 0 Å². The van der Waals surface area contributed by atoms with E-state index in [0.29, 0.717) is 16.6 Å². The first-order chi connectivity index (χ1) is 15.6. The Labute approximate surface area is 191 Å². The number of H-pyrrole nitrogens is 1. The molecule has 2 aromatic rings. The number of aliphatic hydroxyl groups is 1. The number of aliphatic hydroxyl groups excluding tert-OH is 1. The Morgan fingerprint density at radius 2 is 1.64 bits per heavy atom. The number of aromatic nitrogens is 3. The van der Waals surface area contributed by atoms with E-state index in [9.17, 15) is 14.7 Å². The molecular weight excluding hydrogens is 430 g/mol. The molecule has 0 bridgehead atoms. The molecular formula is C21H33N7O5. The molecule has 3 rings (SSSR count). The molecule has 12 nitrogen and oxygen atoms in total. The van der Waals surface area contributed by atoms with Crippen molar-refractivity contribution in [2.45, 2.75) is 64.1 Å². The van der Waals surface area contributed by atoms with Crippen LogP contribution in [0.4, 0.5) is 5.82 Å². The number of fused-ring (bicyclic) bond motifs is 1. The Balaban J connectivity index is 2.00. The van der Waals surface area contributed by atoms with Gasteiger partial charge in [-0.3, -0.25) is 14.9 Å². The van der Waals surface area contributed by atoms with Crippen molar-refractivity contribution in [2.75, 3.05) is 12.3 Å². The summed E-state index contributed by atoms with van der Waals surface area (Å²) < 4.78 is 11.5. The summed E-state index contributed by atoms with van der Waals surface area (Å²) in [5, 5.41) is 13.2. The first kappa shape index (κ1) is 24.8. The minimum atomic E-state index is -1.01. The van der Waals surface area contributed by atoms with Gasteiger partial charge in [-0.1, -0.05) is 27.7 Å². The molecule has 2 aromatic heterocycles. The molecule has 182 valence electrons. The van der Waals surface area contributed by atoms with Gasteiger partial charge in [0.25, 0.3) is 0 Å². The lowest BCUT2D eigenvalue weighted by atomic mass is 10.0. The number of carbonyl (C=O) groups is 2. The lowest BCUT2D eigenvalue weighted by Crippen LogP contribution is -2.47. The van der Waals surface area contributed by atoms with Crippen LogP contribution in [0.3, 0.4) is 0 Å². The van der Waals surface area contributed by atoms with Gasteiger partial charge in [0.15, 0.2) is 18.0 Å². The number of esters is 2. The number of rotatable bonds is 8. The molecule has 0 radical (unpaired) electrons. The van der Waals surface area contributed by atoms with Crippen LogP contribution in [0.15, 0.2) is 12.5 Å². The monoisotopic (exact) mass is 463 g/mol. The Morgan fingerprint density at radius 3 is 2.18 bits per heavy atom. The average molecular weight is 464 g/mol. The number of ether oxygens (including phenoxy) is 2. The van der Waals surface area contributed by atoms with E-state index >= 15 is 0 Å². The van der Waals surface area contributed by atoms with Gasteiger partial charge in [-0.05, 0) is 11.8 Å². The Morgan fingerprint density at radius 1 is 1.06 bits per heavy atom. The van der Waals surface area contributed by atoms with E-state index in [1.807, 2.05) is 0 Å². The Hall–Kier alpha value is -2.80. The van der Waals surface area contributed by atoms with Crippen LogP contribution >= 0.6 is 0 Å². The Kier molecular flexibility index (Phi) is 7.52. The topological polar surface area (TPSA) is 204 Å². The number of nitrogens with one attached hydrogen (secondary N) is 2. The molecule has 1 aliphatic rings. The molecule has 1 fully saturated rings. The fraction of sp³-hybridized carbons (Fsp3) is 0.619. The van der Waals surface area contributed by atoms with Crippen LogP contribution in [0.1, 0.15) is 39.3 Å². The molecule has 1 saturated heterocycles. The summed E-state index contributed by atoms with van der Waals surface area (Å²) in [5.74, 6) is -1.39. The third kappa shape index (κ3) is 4.93. The van der Waals surface area contributed by atoms with Crippen molar-refractivity contribution in [1.29, 1.82) is 0 Å². The number of hydrogen-bond acceptors (Lipinski definition) is 11. The highest BCUT2D eigenvalue weighted by atomic mass is 16.6.